The van der Waals surface area contributed by atoms with Gasteiger partial charge in [-0.15, -0.1) is 0 Å². The molecular weight excluding hydrogens is 218 g/mol. The second-order valence-electron chi connectivity index (χ2n) is 4.84. The van der Waals surface area contributed by atoms with Crippen LogP contribution in [0.5, 0.6) is 0 Å². The minimum Gasteiger partial charge on any atom is -0.479 e. The van der Waals surface area contributed by atoms with E-state index in [9.17, 15) is 9.90 Å². The lowest BCUT2D eigenvalue weighted by Gasteiger charge is -2.21. The third kappa shape index (κ3) is 2.00. The summed E-state index contributed by atoms with van der Waals surface area (Å²) < 4.78 is 0. The predicted octanol–water partition coefficient (Wildman–Crippen LogP) is 1.23. The Labute approximate surface area is 100 Å². The number of aliphatic hydroxyl groups is 1. The predicted molar refractivity (Wildman–Crippen MR) is 65.3 cm³/mol. The fourth-order valence-electron chi connectivity index (χ4n) is 2.18. The van der Waals surface area contributed by atoms with E-state index in [1.807, 2.05) is 43.3 Å². The van der Waals surface area contributed by atoms with Crippen molar-refractivity contribution in [1.82, 2.24) is 0 Å². The van der Waals surface area contributed by atoms with Crippen LogP contribution in [0.25, 0.3) is 0 Å². The van der Waals surface area contributed by atoms with E-state index in [2.05, 4.69) is 0 Å². The first kappa shape index (κ1) is 11.9. The summed E-state index contributed by atoms with van der Waals surface area (Å²) in [6, 6.07) is 7.72. The number of hydrogen-bond donors (Lipinski definition) is 2. The minimum absolute atomic E-state index is 0.572. The molecule has 0 bridgehead atoms. The first-order valence-electron chi connectivity index (χ1n) is 5.66. The highest BCUT2D eigenvalue weighted by Gasteiger charge is 2.53. The molecule has 0 heterocycles. The van der Waals surface area contributed by atoms with Gasteiger partial charge in [0.2, 0.25) is 0 Å². The Hall–Kier alpha value is -1.55. The SMILES string of the molecule is CN(C)c1cccc(C2(C(O)C(=O)O)CC2)c1. The molecule has 1 unspecified atom stereocenters. The number of benzene rings is 1. The second kappa shape index (κ2) is 4.04. The smallest absolute Gasteiger partial charge is 0.333 e. The van der Waals surface area contributed by atoms with Gasteiger partial charge in [0, 0.05) is 25.2 Å². The number of carbonyl (C=O) groups is 1. The Morgan fingerprint density at radius 3 is 2.53 bits per heavy atom. The van der Waals surface area contributed by atoms with Gasteiger partial charge < -0.3 is 15.1 Å². The number of carboxylic acids is 1. The van der Waals surface area contributed by atoms with Gasteiger partial charge in [-0.05, 0) is 30.5 Å². The molecule has 1 aliphatic rings. The Morgan fingerprint density at radius 1 is 1.41 bits per heavy atom. The standard InChI is InChI=1S/C13H17NO3/c1-14(2)10-5-3-4-9(8-10)13(6-7-13)11(15)12(16)17/h3-5,8,11,15H,6-7H2,1-2H3,(H,16,17). The maximum atomic E-state index is 10.9. The first-order valence-corrected chi connectivity index (χ1v) is 5.66. The van der Waals surface area contributed by atoms with Crippen molar-refractivity contribution in [1.29, 1.82) is 0 Å². The number of aliphatic hydroxyl groups excluding tert-OH is 1. The van der Waals surface area contributed by atoms with Crippen LogP contribution in [0.15, 0.2) is 24.3 Å². The maximum Gasteiger partial charge on any atom is 0.333 e. The normalized spacial score (nSPS) is 18.5. The van der Waals surface area contributed by atoms with Crippen molar-refractivity contribution >= 4 is 11.7 Å². The molecule has 0 aliphatic heterocycles. The average molecular weight is 235 g/mol. The molecule has 2 N–H and O–H groups in total. The average Bonchev–Trinajstić information content (AvgIpc) is 3.09. The molecule has 17 heavy (non-hydrogen) atoms. The van der Waals surface area contributed by atoms with Gasteiger partial charge in [-0.1, -0.05) is 12.1 Å². The van der Waals surface area contributed by atoms with E-state index in [4.69, 9.17) is 5.11 Å². The van der Waals surface area contributed by atoms with Crippen molar-refractivity contribution in [2.24, 2.45) is 0 Å². The third-order valence-corrected chi connectivity index (χ3v) is 3.48. The fourth-order valence-corrected chi connectivity index (χ4v) is 2.18. The van der Waals surface area contributed by atoms with Gasteiger partial charge in [-0.25, -0.2) is 4.79 Å². The molecule has 0 aromatic heterocycles. The largest absolute Gasteiger partial charge is 0.479 e. The summed E-state index contributed by atoms with van der Waals surface area (Å²) >= 11 is 0. The number of carboxylic acid groups (broad SMARTS) is 1. The summed E-state index contributed by atoms with van der Waals surface area (Å²) in [5.74, 6) is -1.14. The van der Waals surface area contributed by atoms with Crippen LogP contribution in [0.4, 0.5) is 5.69 Å². The number of hydrogen-bond acceptors (Lipinski definition) is 3. The summed E-state index contributed by atoms with van der Waals surface area (Å²) in [7, 11) is 3.87. The highest BCUT2D eigenvalue weighted by atomic mass is 16.4. The highest BCUT2D eigenvalue weighted by molar-refractivity contribution is 5.76. The Kier molecular flexibility index (Phi) is 2.83. The second-order valence-corrected chi connectivity index (χ2v) is 4.84. The number of nitrogens with zero attached hydrogens (tertiary/aromatic N) is 1. The zero-order valence-corrected chi connectivity index (χ0v) is 10.1. The van der Waals surface area contributed by atoms with Crippen molar-refractivity contribution in [3.8, 4) is 0 Å². The van der Waals surface area contributed by atoms with Crippen molar-refractivity contribution < 1.29 is 15.0 Å². The fraction of sp³-hybridized carbons (Fsp3) is 0.462. The van der Waals surface area contributed by atoms with Gasteiger partial charge in [-0.3, -0.25) is 0 Å². The molecule has 0 spiro atoms. The summed E-state index contributed by atoms with van der Waals surface area (Å²) in [6.07, 6.45) is 0.161. The molecule has 0 radical (unpaired) electrons. The van der Waals surface area contributed by atoms with Crippen LogP contribution in [0.1, 0.15) is 18.4 Å². The van der Waals surface area contributed by atoms with Gasteiger partial charge in [0.25, 0.3) is 0 Å². The molecule has 0 amide bonds. The zero-order chi connectivity index (χ0) is 12.6. The molecule has 92 valence electrons. The monoisotopic (exact) mass is 235 g/mol. The molecule has 4 heteroatoms. The molecule has 1 fully saturated rings. The van der Waals surface area contributed by atoms with E-state index in [1.54, 1.807) is 0 Å². The molecule has 0 saturated heterocycles. The summed E-state index contributed by atoms with van der Waals surface area (Å²) in [5, 5.41) is 18.7. The topological polar surface area (TPSA) is 60.8 Å². The van der Waals surface area contributed by atoms with Crippen molar-refractivity contribution in [3.05, 3.63) is 29.8 Å². The number of aliphatic carboxylic acids is 1. The van der Waals surface area contributed by atoms with Crippen LogP contribution in [0.2, 0.25) is 0 Å². The van der Waals surface area contributed by atoms with E-state index in [0.717, 1.165) is 24.1 Å². The first-order chi connectivity index (χ1) is 7.97. The van der Waals surface area contributed by atoms with E-state index >= 15 is 0 Å². The lowest BCUT2D eigenvalue weighted by atomic mass is 9.89. The Bertz CT molecular complexity index is 438. The quantitative estimate of drug-likeness (QED) is 0.824. The number of anilines is 1. The number of rotatable bonds is 4. The van der Waals surface area contributed by atoms with E-state index < -0.39 is 17.5 Å². The Morgan fingerprint density at radius 2 is 2.06 bits per heavy atom. The van der Waals surface area contributed by atoms with Gasteiger partial charge in [-0.2, -0.15) is 0 Å². The molecule has 1 aromatic rings. The van der Waals surface area contributed by atoms with Gasteiger partial charge in [0.1, 0.15) is 0 Å². The van der Waals surface area contributed by atoms with Crippen LogP contribution < -0.4 is 4.90 Å². The molecule has 1 aliphatic carbocycles. The summed E-state index contributed by atoms with van der Waals surface area (Å²) in [4.78, 5) is 12.9. The lowest BCUT2D eigenvalue weighted by molar-refractivity contribution is -0.148. The summed E-state index contributed by atoms with van der Waals surface area (Å²) in [5.41, 5.74) is 1.36. The zero-order valence-electron chi connectivity index (χ0n) is 10.1. The molecule has 1 aromatic carbocycles. The molecule has 4 nitrogen and oxygen atoms in total. The highest BCUT2D eigenvalue weighted by Crippen LogP contribution is 2.51. The minimum atomic E-state index is -1.31. The lowest BCUT2D eigenvalue weighted by Crippen LogP contribution is -2.33. The molecule has 1 atom stereocenters. The van der Waals surface area contributed by atoms with Crippen LogP contribution in [-0.2, 0) is 10.2 Å². The summed E-state index contributed by atoms with van der Waals surface area (Å²) in [6.45, 7) is 0. The van der Waals surface area contributed by atoms with E-state index in [0.29, 0.717) is 0 Å². The van der Waals surface area contributed by atoms with E-state index in [-0.39, 0.29) is 0 Å². The van der Waals surface area contributed by atoms with Crippen molar-refractivity contribution in [2.45, 2.75) is 24.4 Å². The van der Waals surface area contributed by atoms with Crippen LogP contribution >= 0.6 is 0 Å². The maximum absolute atomic E-state index is 10.9. The van der Waals surface area contributed by atoms with E-state index in [1.165, 1.54) is 0 Å². The Balaban J connectivity index is 2.34. The van der Waals surface area contributed by atoms with Gasteiger partial charge in [0.15, 0.2) is 6.10 Å². The van der Waals surface area contributed by atoms with Crippen molar-refractivity contribution in [2.75, 3.05) is 19.0 Å². The third-order valence-electron chi connectivity index (χ3n) is 3.48. The van der Waals surface area contributed by atoms with Gasteiger partial charge >= 0.3 is 5.97 Å². The van der Waals surface area contributed by atoms with Crippen LogP contribution in [0, 0.1) is 0 Å². The van der Waals surface area contributed by atoms with Gasteiger partial charge in [0.05, 0.1) is 0 Å². The van der Waals surface area contributed by atoms with Crippen LogP contribution in [-0.4, -0.2) is 36.4 Å². The van der Waals surface area contributed by atoms with Crippen molar-refractivity contribution in [3.63, 3.8) is 0 Å². The van der Waals surface area contributed by atoms with Crippen LogP contribution in [0.3, 0.4) is 0 Å². The molecule has 2 rings (SSSR count). The molecular formula is C13H17NO3. The molecule has 1 saturated carbocycles.